The fraction of sp³-hybridized carbons (Fsp3) is 0.481. The molecule has 5 aromatic rings. The summed E-state index contributed by atoms with van der Waals surface area (Å²) in [5.41, 5.74) is 1.61. The molecule has 242 valence electrons. The third kappa shape index (κ3) is 5.90. The number of carbonyl (C=O) groups excluding carboxylic acids is 1. The molecule has 1 aromatic carbocycles. The number of halogens is 1. The zero-order valence-electron chi connectivity index (χ0n) is 25.1. The summed E-state index contributed by atoms with van der Waals surface area (Å²) < 4.78 is 29.9. The van der Waals surface area contributed by atoms with E-state index in [9.17, 15) is 13.2 Å². The largest absolute Gasteiger partial charge is 0.345 e. The van der Waals surface area contributed by atoms with E-state index in [1.807, 2.05) is 4.90 Å². The second-order valence-corrected chi connectivity index (χ2v) is 15.1. The zero-order valence-corrected chi connectivity index (χ0v) is 27.5. The van der Waals surface area contributed by atoms with Crippen molar-refractivity contribution in [2.75, 3.05) is 26.7 Å². The van der Waals surface area contributed by atoms with E-state index >= 15 is 0 Å². The Labute approximate surface area is 273 Å². The maximum absolute atomic E-state index is 14.5. The minimum atomic E-state index is -4.00. The molecular formula is C27H32ClN13O3S2. The van der Waals surface area contributed by atoms with Crippen molar-refractivity contribution in [3.63, 3.8) is 0 Å². The van der Waals surface area contributed by atoms with Crippen LogP contribution in [0.15, 0.2) is 29.3 Å². The number of carbonyl (C=O) groups is 1. The summed E-state index contributed by atoms with van der Waals surface area (Å²) in [6.45, 7) is 3.13. The van der Waals surface area contributed by atoms with Gasteiger partial charge in [-0.2, -0.15) is 14.7 Å². The number of aryl methyl sites for hydroxylation is 2. The van der Waals surface area contributed by atoms with Crippen molar-refractivity contribution in [2.45, 2.75) is 62.2 Å². The number of nitrogens with one attached hydrogen (secondary N) is 3. The lowest BCUT2D eigenvalue weighted by Crippen LogP contribution is -2.61. The van der Waals surface area contributed by atoms with Gasteiger partial charge in [-0.3, -0.25) is 9.69 Å². The number of thiazole rings is 1. The van der Waals surface area contributed by atoms with E-state index < -0.39 is 22.1 Å². The number of amides is 1. The van der Waals surface area contributed by atoms with Gasteiger partial charge in [0.15, 0.2) is 16.7 Å². The standard InChI is InChI=1S/C27H32ClN13O3S2/c1-15-25-21(9-10-39(15)2)30-26(45-25)27(42)41-18(4-7-22-31-35-36-32-22)13-40(14-19(41)5-8-23-33-37-38-34-23)46(43,44)24-12-16-11-17(28)3-6-20(16)29-24/h3,6,11-12,15,18-19,29H,4-5,7-10,13-14H2,1-2H3,(H,31,32,35,36)(H,33,34,37,38). The van der Waals surface area contributed by atoms with Gasteiger partial charge in [-0.25, -0.2) is 13.4 Å². The molecule has 46 heavy (non-hydrogen) atoms. The highest BCUT2D eigenvalue weighted by Crippen LogP contribution is 2.36. The Kier molecular flexibility index (Phi) is 8.30. The average Bonchev–Trinajstić information content (AvgIpc) is 3.87. The molecular weight excluding hydrogens is 654 g/mol. The molecule has 0 aliphatic carbocycles. The summed E-state index contributed by atoms with van der Waals surface area (Å²) in [6, 6.07) is 5.90. The zero-order chi connectivity index (χ0) is 32.0. The highest BCUT2D eigenvalue weighted by molar-refractivity contribution is 7.89. The van der Waals surface area contributed by atoms with Gasteiger partial charge in [0.1, 0.15) is 5.03 Å². The average molecular weight is 686 g/mol. The van der Waals surface area contributed by atoms with Gasteiger partial charge in [-0.15, -0.1) is 31.7 Å². The van der Waals surface area contributed by atoms with Gasteiger partial charge < -0.3 is 9.88 Å². The van der Waals surface area contributed by atoms with Crippen molar-refractivity contribution in [1.29, 1.82) is 0 Å². The number of nitrogens with zero attached hydrogens (tertiary/aromatic N) is 10. The summed E-state index contributed by atoms with van der Waals surface area (Å²) in [5, 5.41) is 30.2. The Morgan fingerprint density at radius 2 is 1.72 bits per heavy atom. The first kappa shape index (κ1) is 30.8. The number of piperazine rings is 1. The number of aromatic nitrogens is 10. The van der Waals surface area contributed by atoms with E-state index in [0.717, 1.165) is 23.5 Å². The third-order valence-electron chi connectivity index (χ3n) is 8.86. The summed E-state index contributed by atoms with van der Waals surface area (Å²) in [5.74, 6) is 0.734. The van der Waals surface area contributed by atoms with E-state index in [2.05, 4.69) is 65.1 Å². The monoisotopic (exact) mass is 685 g/mol. The molecule has 0 saturated carbocycles. The summed E-state index contributed by atoms with van der Waals surface area (Å²) in [7, 11) is -1.93. The van der Waals surface area contributed by atoms with Gasteiger partial charge >= 0.3 is 0 Å². The topological polar surface area (TPSA) is 199 Å². The molecule has 3 atom stereocenters. The molecule has 7 rings (SSSR count). The molecule has 2 aliphatic heterocycles. The molecule has 0 radical (unpaired) electrons. The lowest BCUT2D eigenvalue weighted by Gasteiger charge is -2.46. The summed E-state index contributed by atoms with van der Waals surface area (Å²) in [6.07, 6.45) is 2.35. The van der Waals surface area contributed by atoms with Crippen molar-refractivity contribution in [1.82, 2.24) is 65.3 Å². The maximum Gasteiger partial charge on any atom is 0.283 e. The number of rotatable bonds is 9. The van der Waals surface area contributed by atoms with E-state index in [1.54, 1.807) is 24.3 Å². The van der Waals surface area contributed by atoms with Gasteiger partial charge in [-0.05, 0) is 51.1 Å². The Morgan fingerprint density at radius 3 is 2.35 bits per heavy atom. The number of tetrazole rings is 2. The number of hydrogen-bond donors (Lipinski definition) is 3. The van der Waals surface area contributed by atoms with Gasteiger partial charge in [0.25, 0.3) is 15.9 Å². The Hall–Kier alpha value is -3.84. The molecule has 2 aliphatic rings. The first-order valence-electron chi connectivity index (χ1n) is 14.9. The fourth-order valence-corrected chi connectivity index (χ4v) is 9.16. The highest BCUT2D eigenvalue weighted by Gasteiger charge is 2.43. The van der Waals surface area contributed by atoms with Crippen molar-refractivity contribution in [3.8, 4) is 0 Å². The number of hydrogen-bond acceptors (Lipinski definition) is 12. The van der Waals surface area contributed by atoms with Gasteiger partial charge in [0, 0.05) is 77.8 Å². The second kappa shape index (κ2) is 12.4. The lowest BCUT2D eigenvalue weighted by molar-refractivity contribution is 0.0326. The van der Waals surface area contributed by atoms with Crippen LogP contribution in [0.4, 0.5) is 0 Å². The van der Waals surface area contributed by atoms with E-state index in [-0.39, 0.29) is 30.1 Å². The van der Waals surface area contributed by atoms with Crippen molar-refractivity contribution < 1.29 is 13.2 Å². The molecule has 6 heterocycles. The van der Waals surface area contributed by atoms with Crippen LogP contribution >= 0.6 is 22.9 Å². The van der Waals surface area contributed by atoms with Crippen LogP contribution in [0.2, 0.25) is 5.02 Å². The number of fused-ring (bicyclic) bond motifs is 2. The first-order valence-corrected chi connectivity index (χ1v) is 17.6. The number of H-pyrrole nitrogens is 3. The van der Waals surface area contributed by atoms with Crippen LogP contribution in [0.25, 0.3) is 10.9 Å². The predicted octanol–water partition coefficient (Wildman–Crippen LogP) is 2.00. The second-order valence-electron chi connectivity index (χ2n) is 11.7. The molecule has 3 N–H and O–H groups in total. The van der Waals surface area contributed by atoms with E-state index in [1.165, 1.54) is 15.6 Å². The third-order valence-corrected chi connectivity index (χ3v) is 12.1. The minimum absolute atomic E-state index is 0.0593. The van der Waals surface area contributed by atoms with Crippen LogP contribution in [-0.2, 0) is 29.3 Å². The van der Waals surface area contributed by atoms with E-state index in [4.69, 9.17) is 16.6 Å². The number of likely N-dealkylation sites (N-methyl/N-ethyl adjacent to an activating group) is 1. The first-order chi connectivity index (χ1) is 22.2. The van der Waals surface area contributed by atoms with Crippen molar-refractivity contribution >= 4 is 49.8 Å². The quantitative estimate of drug-likeness (QED) is 0.205. The Balaban J connectivity index is 1.25. The van der Waals surface area contributed by atoms with Crippen LogP contribution in [0.1, 0.15) is 57.8 Å². The fourth-order valence-electron chi connectivity index (χ4n) is 6.28. The molecule has 1 fully saturated rings. The van der Waals surface area contributed by atoms with Gasteiger partial charge in [0.05, 0.1) is 5.69 Å². The van der Waals surface area contributed by atoms with Crippen molar-refractivity contribution in [2.24, 2.45) is 0 Å². The molecule has 1 saturated heterocycles. The Bertz CT molecular complexity index is 1900. The summed E-state index contributed by atoms with van der Waals surface area (Å²) in [4.78, 5) is 27.5. The van der Waals surface area contributed by atoms with Gasteiger partial charge in [0.2, 0.25) is 0 Å². The minimum Gasteiger partial charge on any atom is -0.345 e. The maximum atomic E-state index is 14.5. The molecule has 0 spiro atoms. The lowest BCUT2D eigenvalue weighted by atomic mass is 9.99. The SMILES string of the molecule is CC1c2sc(C(=O)N3C(CCc4nn[nH]n4)CN(S(=O)(=O)c4cc5cc(Cl)ccc5[nH]4)CC3CCc3nn[nH]n3)nc2CCN1C. The molecule has 3 unspecified atom stereocenters. The number of aromatic amines is 3. The van der Waals surface area contributed by atoms with Crippen LogP contribution in [-0.4, -0.2) is 118 Å². The molecule has 1 amide bonds. The molecule has 19 heteroatoms. The van der Waals surface area contributed by atoms with Gasteiger partial charge in [-0.1, -0.05) is 22.0 Å². The summed E-state index contributed by atoms with van der Waals surface area (Å²) >= 11 is 7.60. The number of benzene rings is 1. The number of sulfonamides is 1. The predicted molar refractivity (Wildman–Crippen MR) is 168 cm³/mol. The molecule has 0 bridgehead atoms. The Morgan fingerprint density at radius 1 is 1.04 bits per heavy atom. The normalized spacial score (nSPS) is 21.2. The smallest absolute Gasteiger partial charge is 0.283 e. The van der Waals surface area contributed by atoms with Crippen LogP contribution in [0.3, 0.4) is 0 Å². The molecule has 4 aromatic heterocycles. The van der Waals surface area contributed by atoms with Crippen LogP contribution in [0, 0.1) is 0 Å². The van der Waals surface area contributed by atoms with Crippen molar-refractivity contribution in [3.05, 3.63) is 56.5 Å². The highest BCUT2D eigenvalue weighted by atomic mass is 35.5. The van der Waals surface area contributed by atoms with Crippen LogP contribution < -0.4 is 0 Å². The molecule has 16 nitrogen and oxygen atoms in total. The van der Waals surface area contributed by atoms with Crippen LogP contribution in [0.5, 0.6) is 0 Å². The van der Waals surface area contributed by atoms with E-state index in [0.29, 0.717) is 58.3 Å².